The highest BCUT2D eigenvalue weighted by Gasteiger charge is 2.16. The molecule has 0 radical (unpaired) electrons. The first-order chi connectivity index (χ1) is 11.6. The fourth-order valence-electron chi connectivity index (χ4n) is 2.50. The van der Waals surface area contributed by atoms with Crippen molar-refractivity contribution in [3.8, 4) is 11.6 Å². The number of benzene rings is 1. The summed E-state index contributed by atoms with van der Waals surface area (Å²) in [7, 11) is 0. The third kappa shape index (κ3) is 3.09. The number of H-pyrrole nitrogens is 1. The van der Waals surface area contributed by atoms with Gasteiger partial charge in [0, 0.05) is 0 Å². The Balaban J connectivity index is 2.06. The minimum Gasteiger partial charge on any atom is -0.493 e. The Labute approximate surface area is 137 Å². The van der Waals surface area contributed by atoms with Gasteiger partial charge in [-0.3, -0.25) is 14.8 Å². The molecule has 1 aliphatic heterocycles. The van der Waals surface area contributed by atoms with E-state index in [4.69, 9.17) is 4.74 Å². The summed E-state index contributed by atoms with van der Waals surface area (Å²) in [5.74, 6) is -0.435. The third-order valence-electron chi connectivity index (χ3n) is 3.81. The average Bonchev–Trinajstić information content (AvgIpc) is 2.57. The molecule has 8 nitrogen and oxygen atoms in total. The van der Waals surface area contributed by atoms with Crippen molar-refractivity contribution < 1.29 is 9.84 Å². The highest BCUT2D eigenvalue weighted by Crippen LogP contribution is 2.18. The number of hydrogen-bond donors (Lipinski definition) is 2. The van der Waals surface area contributed by atoms with E-state index in [1.54, 1.807) is 17.1 Å². The number of morpholine rings is 1. The van der Waals surface area contributed by atoms with Crippen LogP contribution in [0.3, 0.4) is 0 Å². The minimum absolute atomic E-state index is 0.0654. The molecular weight excluding hydrogens is 312 g/mol. The Morgan fingerprint density at radius 1 is 1.25 bits per heavy atom. The van der Waals surface area contributed by atoms with E-state index in [9.17, 15) is 14.7 Å². The number of aromatic amines is 1. The molecule has 8 heteroatoms. The van der Waals surface area contributed by atoms with Gasteiger partial charge >= 0.3 is 5.69 Å². The van der Waals surface area contributed by atoms with Crippen molar-refractivity contribution in [1.29, 1.82) is 0 Å². The first-order valence-electron chi connectivity index (χ1n) is 7.59. The number of nitrogens with one attached hydrogen (secondary N) is 1. The van der Waals surface area contributed by atoms with Gasteiger partial charge in [-0.25, -0.2) is 9.36 Å². The van der Waals surface area contributed by atoms with E-state index in [0.717, 1.165) is 10.1 Å². The van der Waals surface area contributed by atoms with Gasteiger partial charge in [-0.15, -0.1) is 0 Å². The van der Waals surface area contributed by atoms with Gasteiger partial charge in [0.05, 0.1) is 38.2 Å². The maximum absolute atomic E-state index is 12.1. The summed E-state index contributed by atoms with van der Waals surface area (Å²) >= 11 is 0. The summed E-state index contributed by atoms with van der Waals surface area (Å²) in [5, 5.41) is 16.4. The van der Waals surface area contributed by atoms with Crippen molar-refractivity contribution in [2.75, 3.05) is 26.3 Å². The zero-order valence-corrected chi connectivity index (χ0v) is 13.2. The lowest BCUT2D eigenvalue weighted by atomic mass is 10.2. The van der Waals surface area contributed by atoms with Gasteiger partial charge < -0.3 is 9.84 Å². The second kappa shape index (κ2) is 6.71. The number of rotatable bonds is 3. The van der Waals surface area contributed by atoms with Crippen molar-refractivity contribution in [3.63, 3.8) is 0 Å². The van der Waals surface area contributed by atoms with E-state index in [-0.39, 0.29) is 5.56 Å². The summed E-state index contributed by atoms with van der Waals surface area (Å²) in [6, 6.07) is 7.08. The van der Waals surface area contributed by atoms with Crippen molar-refractivity contribution in [2.45, 2.75) is 6.92 Å². The highest BCUT2D eigenvalue weighted by molar-refractivity contribution is 5.82. The lowest BCUT2D eigenvalue weighted by Gasteiger charge is -2.23. The number of hydrazone groups is 1. The summed E-state index contributed by atoms with van der Waals surface area (Å²) < 4.78 is 6.29. The standard InChI is InChI=1S/C16H18N4O4/c1-11-4-2-3-5-13(11)20-15(22)12(14(21)18-16(20)23)10-17-19-6-8-24-9-7-19/h2-5,10,22H,6-9H2,1H3,(H,18,21,23)/b17-10+. The zero-order valence-electron chi connectivity index (χ0n) is 13.2. The molecule has 0 atom stereocenters. The van der Waals surface area contributed by atoms with Crippen LogP contribution in [0.25, 0.3) is 5.69 Å². The van der Waals surface area contributed by atoms with Crippen LogP contribution in [0.15, 0.2) is 39.0 Å². The highest BCUT2D eigenvalue weighted by atomic mass is 16.5. The van der Waals surface area contributed by atoms with Gasteiger partial charge in [0.25, 0.3) is 5.56 Å². The molecule has 1 aromatic carbocycles. The second-order valence-corrected chi connectivity index (χ2v) is 5.43. The molecule has 1 fully saturated rings. The molecule has 2 heterocycles. The average molecular weight is 330 g/mol. The Morgan fingerprint density at radius 3 is 2.67 bits per heavy atom. The second-order valence-electron chi connectivity index (χ2n) is 5.43. The first kappa shape index (κ1) is 16.0. The van der Waals surface area contributed by atoms with Gasteiger partial charge in [0.2, 0.25) is 5.88 Å². The predicted octanol–water partition coefficient (Wildman–Crippen LogP) is 0.206. The molecule has 0 bridgehead atoms. The SMILES string of the molecule is Cc1ccccc1-n1c(O)c(/C=N/N2CCOCC2)c(=O)[nH]c1=O. The van der Waals surface area contributed by atoms with E-state index in [0.29, 0.717) is 32.0 Å². The number of ether oxygens (including phenoxy) is 1. The van der Waals surface area contributed by atoms with E-state index in [1.165, 1.54) is 6.21 Å². The van der Waals surface area contributed by atoms with E-state index < -0.39 is 17.1 Å². The van der Waals surface area contributed by atoms with Crippen LogP contribution in [-0.4, -0.2) is 52.2 Å². The van der Waals surface area contributed by atoms with E-state index >= 15 is 0 Å². The van der Waals surface area contributed by atoms with Crippen LogP contribution >= 0.6 is 0 Å². The molecule has 2 N–H and O–H groups in total. The maximum Gasteiger partial charge on any atom is 0.335 e. The molecule has 0 aliphatic carbocycles. The number of aryl methyl sites for hydroxylation is 1. The lowest BCUT2D eigenvalue weighted by molar-refractivity contribution is 0.0396. The quantitative estimate of drug-likeness (QED) is 0.784. The van der Waals surface area contributed by atoms with Crippen molar-refractivity contribution in [1.82, 2.24) is 14.6 Å². The molecule has 2 aromatic rings. The number of nitrogens with zero attached hydrogens (tertiary/aromatic N) is 3. The van der Waals surface area contributed by atoms with Crippen LogP contribution in [0.4, 0.5) is 0 Å². The number of hydrogen-bond acceptors (Lipinski definition) is 6. The van der Waals surface area contributed by atoms with Crippen molar-refractivity contribution in [2.24, 2.45) is 5.10 Å². The van der Waals surface area contributed by atoms with Crippen LogP contribution in [0.2, 0.25) is 0 Å². The van der Waals surface area contributed by atoms with E-state index in [2.05, 4.69) is 10.1 Å². The van der Waals surface area contributed by atoms with Crippen molar-refractivity contribution in [3.05, 3.63) is 56.2 Å². The predicted molar refractivity (Wildman–Crippen MR) is 89.0 cm³/mol. The smallest absolute Gasteiger partial charge is 0.335 e. The minimum atomic E-state index is -0.699. The molecule has 0 unspecified atom stereocenters. The lowest BCUT2D eigenvalue weighted by Crippen LogP contribution is -2.34. The molecule has 24 heavy (non-hydrogen) atoms. The van der Waals surface area contributed by atoms with Gasteiger partial charge in [-0.1, -0.05) is 18.2 Å². The Morgan fingerprint density at radius 2 is 1.96 bits per heavy atom. The molecule has 1 aromatic heterocycles. The normalized spacial score (nSPS) is 15.1. The van der Waals surface area contributed by atoms with Crippen LogP contribution in [0.5, 0.6) is 5.88 Å². The monoisotopic (exact) mass is 330 g/mol. The number of aromatic hydroxyl groups is 1. The third-order valence-corrected chi connectivity index (χ3v) is 3.81. The topological polar surface area (TPSA) is 99.9 Å². The van der Waals surface area contributed by atoms with Gasteiger partial charge in [0.1, 0.15) is 5.56 Å². The van der Waals surface area contributed by atoms with Crippen LogP contribution in [0.1, 0.15) is 11.1 Å². The Bertz CT molecular complexity index is 878. The molecule has 1 aliphatic rings. The largest absolute Gasteiger partial charge is 0.493 e. The van der Waals surface area contributed by atoms with Crippen LogP contribution in [-0.2, 0) is 4.74 Å². The Kier molecular flexibility index (Phi) is 4.48. The summed E-state index contributed by atoms with van der Waals surface area (Å²) in [6.45, 7) is 4.14. The molecule has 126 valence electrons. The van der Waals surface area contributed by atoms with Gasteiger partial charge in [0.15, 0.2) is 0 Å². The molecule has 0 saturated carbocycles. The molecule has 1 saturated heterocycles. The van der Waals surface area contributed by atoms with Crippen LogP contribution < -0.4 is 11.2 Å². The van der Waals surface area contributed by atoms with Crippen molar-refractivity contribution >= 4 is 6.21 Å². The molecule has 0 spiro atoms. The fraction of sp³-hybridized carbons (Fsp3) is 0.312. The maximum atomic E-state index is 12.1. The molecule has 3 rings (SSSR count). The zero-order chi connectivity index (χ0) is 17.1. The van der Waals surface area contributed by atoms with E-state index in [1.807, 2.05) is 19.1 Å². The van der Waals surface area contributed by atoms with Gasteiger partial charge in [-0.2, -0.15) is 5.10 Å². The summed E-state index contributed by atoms with van der Waals surface area (Å²) in [4.78, 5) is 26.4. The summed E-state index contributed by atoms with van der Waals surface area (Å²) in [5.41, 5.74) is -0.158. The Hall–Kier alpha value is -2.87. The molecular formula is C16H18N4O4. The van der Waals surface area contributed by atoms with Gasteiger partial charge in [-0.05, 0) is 18.6 Å². The molecule has 0 amide bonds. The number of aromatic nitrogens is 2. The fourth-order valence-corrected chi connectivity index (χ4v) is 2.50. The first-order valence-corrected chi connectivity index (χ1v) is 7.59. The van der Waals surface area contributed by atoms with Crippen LogP contribution in [0, 0.1) is 6.92 Å². The summed E-state index contributed by atoms with van der Waals surface area (Å²) in [6.07, 6.45) is 1.27. The number of para-hydroxylation sites is 1.